The highest BCUT2D eigenvalue weighted by molar-refractivity contribution is 5.85. The highest BCUT2D eigenvalue weighted by Crippen LogP contribution is 2.51. The highest BCUT2D eigenvalue weighted by atomic mass is 15.7. The van der Waals surface area contributed by atoms with Crippen molar-refractivity contribution in [2.24, 2.45) is 0 Å². The number of fused-ring (bicyclic) bond motifs is 2. The second kappa shape index (κ2) is 5.88. The predicted octanol–water partition coefficient (Wildman–Crippen LogP) is 5.54. The van der Waals surface area contributed by atoms with Crippen molar-refractivity contribution in [2.45, 2.75) is 51.6 Å². The summed E-state index contributed by atoms with van der Waals surface area (Å²) >= 11 is 0. The van der Waals surface area contributed by atoms with Gasteiger partial charge in [-0.2, -0.15) is 0 Å². The van der Waals surface area contributed by atoms with Gasteiger partial charge < -0.3 is 4.98 Å². The van der Waals surface area contributed by atoms with Gasteiger partial charge in [-0.25, -0.2) is 5.01 Å². The zero-order valence-electron chi connectivity index (χ0n) is 15.9. The molecule has 0 bridgehead atoms. The Morgan fingerprint density at radius 3 is 2.54 bits per heavy atom. The van der Waals surface area contributed by atoms with Crippen LogP contribution in [0.25, 0.3) is 10.9 Å². The van der Waals surface area contributed by atoms with E-state index < -0.39 is 0 Å². The van der Waals surface area contributed by atoms with Crippen LogP contribution in [0.4, 0.5) is 5.69 Å². The molecule has 2 aliphatic rings. The Hall–Kier alpha value is -2.26. The third-order valence-corrected chi connectivity index (χ3v) is 6.51. The zero-order valence-corrected chi connectivity index (χ0v) is 15.9. The molecule has 1 saturated heterocycles. The molecule has 1 N–H and O–H groups in total. The average Bonchev–Trinajstić information content (AvgIpc) is 3.30. The van der Waals surface area contributed by atoms with Gasteiger partial charge in [0, 0.05) is 35.1 Å². The number of hydrazine groups is 1. The third kappa shape index (κ3) is 2.16. The first kappa shape index (κ1) is 16.0. The zero-order chi connectivity index (χ0) is 17.8. The molecule has 0 spiro atoms. The maximum absolute atomic E-state index is 3.77. The summed E-state index contributed by atoms with van der Waals surface area (Å²) in [5.74, 6) is 0.464. The summed E-state index contributed by atoms with van der Waals surface area (Å²) in [5.41, 5.74) is 6.86. The minimum Gasteiger partial charge on any atom is -0.356 e. The van der Waals surface area contributed by atoms with Gasteiger partial charge in [-0.05, 0) is 49.9 Å². The Balaban J connectivity index is 1.69. The number of nitrogens with zero attached hydrogens (tertiary/aromatic N) is 2. The first-order valence-corrected chi connectivity index (χ1v) is 9.88. The number of benzene rings is 2. The largest absolute Gasteiger partial charge is 0.356 e. The molecular weight excluding hydrogens is 318 g/mol. The summed E-state index contributed by atoms with van der Waals surface area (Å²) in [6, 6.07) is 18.6. The third-order valence-electron chi connectivity index (χ3n) is 6.51. The lowest BCUT2D eigenvalue weighted by molar-refractivity contribution is 0.216. The van der Waals surface area contributed by atoms with Crippen molar-refractivity contribution in [3.05, 3.63) is 65.4 Å². The van der Waals surface area contributed by atoms with Gasteiger partial charge in [-0.3, -0.25) is 5.01 Å². The van der Waals surface area contributed by atoms with E-state index in [9.17, 15) is 0 Å². The number of hydrogen-bond acceptors (Lipinski definition) is 2. The van der Waals surface area contributed by atoms with Crippen LogP contribution in [-0.2, 0) is 0 Å². The summed E-state index contributed by atoms with van der Waals surface area (Å²) in [6.45, 7) is 8.18. The smallest absolute Gasteiger partial charge is 0.0925 e. The number of rotatable bonds is 2. The fourth-order valence-electron chi connectivity index (χ4n) is 5.12. The summed E-state index contributed by atoms with van der Waals surface area (Å²) in [5, 5.41) is 6.56. The van der Waals surface area contributed by atoms with E-state index in [1.54, 1.807) is 0 Å². The lowest BCUT2D eigenvalue weighted by Gasteiger charge is -2.39. The summed E-state index contributed by atoms with van der Waals surface area (Å²) in [7, 11) is 0. The molecule has 2 aliphatic heterocycles. The van der Waals surface area contributed by atoms with Crippen LogP contribution in [0.15, 0.2) is 48.5 Å². The molecule has 26 heavy (non-hydrogen) atoms. The Kier molecular flexibility index (Phi) is 3.61. The molecule has 3 unspecified atom stereocenters. The van der Waals surface area contributed by atoms with Crippen LogP contribution in [-0.4, -0.2) is 22.6 Å². The molecule has 3 atom stereocenters. The van der Waals surface area contributed by atoms with E-state index in [4.69, 9.17) is 0 Å². The topological polar surface area (TPSA) is 22.3 Å². The maximum Gasteiger partial charge on any atom is 0.0925 e. The second-order valence-corrected chi connectivity index (χ2v) is 8.00. The molecule has 0 aliphatic carbocycles. The van der Waals surface area contributed by atoms with Gasteiger partial charge in [0.25, 0.3) is 0 Å². The number of aromatic nitrogens is 1. The van der Waals surface area contributed by atoms with E-state index >= 15 is 0 Å². The second-order valence-electron chi connectivity index (χ2n) is 8.00. The SMILES string of the molecule is Cc1c(C2C(C)c3ccccc3N2N2CCCC2C)[nH]c2ccccc12. The summed E-state index contributed by atoms with van der Waals surface area (Å²) < 4.78 is 0. The predicted molar refractivity (Wildman–Crippen MR) is 109 cm³/mol. The molecule has 134 valence electrons. The van der Waals surface area contributed by atoms with Gasteiger partial charge in [0.05, 0.1) is 11.7 Å². The molecule has 1 aromatic heterocycles. The van der Waals surface area contributed by atoms with E-state index in [1.165, 1.54) is 46.3 Å². The summed E-state index contributed by atoms with van der Waals surface area (Å²) in [4.78, 5) is 3.77. The van der Waals surface area contributed by atoms with Crippen molar-refractivity contribution in [1.82, 2.24) is 9.99 Å². The number of H-pyrrole nitrogens is 1. The molecule has 3 heteroatoms. The number of para-hydroxylation sites is 2. The van der Waals surface area contributed by atoms with Crippen LogP contribution < -0.4 is 5.01 Å². The van der Waals surface area contributed by atoms with Crippen molar-refractivity contribution in [2.75, 3.05) is 11.6 Å². The van der Waals surface area contributed by atoms with Crippen molar-refractivity contribution in [1.29, 1.82) is 0 Å². The van der Waals surface area contributed by atoms with Crippen molar-refractivity contribution in [3.8, 4) is 0 Å². The van der Waals surface area contributed by atoms with Crippen LogP contribution in [0.3, 0.4) is 0 Å². The first-order chi connectivity index (χ1) is 12.7. The van der Waals surface area contributed by atoms with Crippen molar-refractivity contribution in [3.63, 3.8) is 0 Å². The van der Waals surface area contributed by atoms with Gasteiger partial charge in [-0.15, -0.1) is 0 Å². The lowest BCUT2D eigenvalue weighted by Crippen LogP contribution is -2.45. The average molecular weight is 345 g/mol. The van der Waals surface area contributed by atoms with Crippen LogP contribution in [0.1, 0.15) is 55.5 Å². The van der Waals surface area contributed by atoms with E-state index in [-0.39, 0.29) is 0 Å². The van der Waals surface area contributed by atoms with Gasteiger partial charge in [0.1, 0.15) is 0 Å². The van der Waals surface area contributed by atoms with E-state index in [0.29, 0.717) is 18.0 Å². The normalized spacial score (nSPS) is 26.0. The lowest BCUT2D eigenvalue weighted by atomic mass is 9.93. The molecule has 0 saturated carbocycles. The number of hydrogen-bond donors (Lipinski definition) is 1. The standard InChI is InChI=1S/C23H27N3/c1-15-9-8-14-25(15)26-21-13-7-5-11-19(21)17(3)23(26)22-16(2)18-10-4-6-12-20(18)24-22/h4-7,10-13,15,17,23-24H,8-9,14H2,1-3H3. The van der Waals surface area contributed by atoms with E-state index in [2.05, 4.69) is 84.3 Å². The fraction of sp³-hybridized carbons (Fsp3) is 0.391. The molecule has 1 fully saturated rings. The van der Waals surface area contributed by atoms with Crippen LogP contribution in [0.5, 0.6) is 0 Å². The minimum absolute atomic E-state index is 0.334. The monoisotopic (exact) mass is 345 g/mol. The molecule has 3 nitrogen and oxygen atoms in total. The first-order valence-electron chi connectivity index (χ1n) is 9.88. The maximum atomic E-state index is 3.77. The van der Waals surface area contributed by atoms with Gasteiger partial charge in [-0.1, -0.05) is 43.3 Å². The molecule has 0 radical (unpaired) electrons. The molecular formula is C23H27N3. The molecule has 2 aromatic carbocycles. The van der Waals surface area contributed by atoms with Crippen LogP contribution >= 0.6 is 0 Å². The molecule has 0 amide bonds. The van der Waals surface area contributed by atoms with E-state index in [1.807, 2.05) is 0 Å². The Labute approximate surface area is 155 Å². The number of aromatic amines is 1. The Morgan fingerprint density at radius 1 is 1.00 bits per heavy atom. The van der Waals surface area contributed by atoms with Gasteiger partial charge in [0.2, 0.25) is 0 Å². The highest BCUT2D eigenvalue weighted by Gasteiger charge is 2.43. The quantitative estimate of drug-likeness (QED) is 0.659. The minimum atomic E-state index is 0.334. The number of anilines is 1. The van der Waals surface area contributed by atoms with Gasteiger partial charge in [0.15, 0.2) is 0 Å². The Bertz CT molecular complexity index is 957. The molecule has 3 aromatic rings. The van der Waals surface area contributed by atoms with Crippen molar-refractivity contribution < 1.29 is 0 Å². The number of aryl methyl sites for hydroxylation is 1. The number of nitrogens with one attached hydrogen (secondary N) is 1. The molecule has 5 rings (SSSR count). The van der Waals surface area contributed by atoms with Gasteiger partial charge >= 0.3 is 0 Å². The fourth-order valence-corrected chi connectivity index (χ4v) is 5.12. The van der Waals surface area contributed by atoms with Crippen molar-refractivity contribution >= 4 is 16.6 Å². The molecule has 3 heterocycles. The summed E-state index contributed by atoms with van der Waals surface area (Å²) in [6.07, 6.45) is 2.57. The van der Waals surface area contributed by atoms with E-state index in [0.717, 1.165) is 6.54 Å². The Morgan fingerprint density at radius 2 is 1.77 bits per heavy atom. The van der Waals surface area contributed by atoms with Crippen LogP contribution in [0, 0.1) is 6.92 Å². The van der Waals surface area contributed by atoms with Crippen LogP contribution in [0.2, 0.25) is 0 Å².